The molecule has 7 rings (SSSR count). The number of halogens is 2. The average molecular weight is 727 g/mol. The monoisotopic (exact) mass is 725 g/mol. The number of aromatic carboxylic acids is 1. The highest BCUT2D eigenvalue weighted by Gasteiger charge is 2.38. The van der Waals surface area contributed by atoms with Crippen LogP contribution in [0.25, 0.3) is 0 Å². The maximum Gasteiger partial charge on any atom is 0.328 e. The number of methoxy groups -OCH3 is 2. The zero-order chi connectivity index (χ0) is 34.7. The molecule has 5 heterocycles. The number of thiophene rings is 1. The number of rotatable bonds is 13. The number of piperidine rings is 3. The van der Waals surface area contributed by atoms with Crippen LogP contribution in [0.1, 0.15) is 61.6 Å². The quantitative estimate of drug-likeness (QED) is 0.114. The van der Waals surface area contributed by atoms with Crippen molar-refractivity contribution < 1.29 is 38.8 Å². The van der Waals surface area contributed by atoms with Crippen molar-refractivity contribution in [2.75, 3.05) is 33.9 Å². The average Bonchev–Trinajstić information content (AvgIpc) is 3.53. The van der Waals surface area contributed by atoms with Crippen LogP contribution in [-0.4, -0.2) is 62.0 Å². The minimum atomic E-state index is -1.34. The topological polar surface area (TPSA) is 124 Å². The molecule has 2 bridgehead atoms. The Morgan fingerprint density at radius 1 is 1.02 bits per heavy atom. The van der Waals surface area contributed by atoms with E-state index >= 15 is 0 Å². The molecule has 4 aromatic rings. The summed E-state index contributed by atoms with van der Waals surface area (Å²) >= 11 is 14.4. The molecule has 0 aliphatic carbocycles. The van der Waals surface area contributed by atoms with Gasteiger partial charge in [0, 0.05) is 44.6 Å². The van der Waals surface area contributed by atoms with Crippen LogP contribution in [0.3, 0.4) is 0 Å². The van der Waals surface area contributed by atoms with Crippen molar-refractivity contribution in [2.24, 2.45) is 5.92 Å². The molecule has 0 radical (unpaired) electrons. The third-order valence-electron chi connectivity index (χ3n) is 9.35. The van der Waals surface area contributed by atoms with Crippen LogP contribution in [0.2, 0.25) is 10.0 Å². The summed E-state index contributed by atoms with van der Waals surface area (Å²) in [7, 11) is 3.05. The lowest BCUT2D eigenvalue weighted by Gasteiger charge is -2.44. The van der Waals surface area contributed by atoms with Crippen LogP contribution in [0.4, 0.5) is 0 Å². The number of fused-ring (bicyclic) bond motifs is 3. The largest absolute Gasteiger partial charge is 0.545 e. The van der Waals surface area contributed by atoms with E-state index in [0.29, 0.717) is 32.7 Å². The van der Waals surface area contributed by atoms with Crippen molar-refractivity contribution in [1.82, 2.24) is 10.2 Å². The van der Waals surface area contributed by atoms with Gasteiger partial charge < -0.3 is 24.1 Å². The summed E-state index contributed by atoms with van der Waals surface area (Å²) in [5.74, 6) is -0.942. The van der Waals surface area contributed by atoms with E-state index in [1.54, 1.807) is 18.2 Å². The van der Waals surface area contributed by atoms with E-state index in [4.69, 9.17) is 37.4 Å². The Hall–Kier alpha value is -3.87. The van der Waals surface area contributed by atoms with Gasteiger partial charge in [0.15, 0.2) is 11.5 Å². The number of nitrogens with zero attached hydrogens (tertiary/aromatic N) is 2. The second kappa shape index (κ2) is 15.3. The van der Waals surface area contributed by atoms with E-state index in [0.717, 1.165) is 48.3 Å². The molecule has 1 unspecified atom stereocenters. The first kappa shape index (κ1) is 35.0. The molecule has 2 N–H and O–H groups in total. The molecule has 0 amide bonds. The molecule has 3 saturated heterocycles. The molecule has 10 nitrogen and oxygen atoms in total. The van der Waals surface area contributed by atoms with Crippen molar-refractivity contribution in [2.45, 2.75) is 43.9 Å². The molecule has 49 heavy (non-hydrogen) atoms. The molecule has 0 saturated carbocycles. The Morgan fingerprint density at radius 3 is 2.33 bits per heavy atom. The van der Waals surface area contributed by atoms with Crippen molar-refractivity contribution in [3.63, 3.8) is 0 Å². The molecule has 2 aromatic heterocycles. The summed E-state index contributed by atoms with van der Waals surface area (Å²) in [5.41, 5.74) is 2.00. The van der Waals surface area contributed by atoms with E-state index in [2.05, 4.69) is 10.2 Å². The second-order valence-corrected chi connectivity index (χ2v) is 14.3. The van der Waals surface area contributed by atoms with Gasteiger partial charge in [0.25, 0.3) is 0 Å². The molecule has 3 fully saturated rings. The van der Waals surface area contributed by atoms with Crippen LogP contribution in [0, 0.1) is 5.92 Å². The zero-order valence-corrected chi connectivity index (χ0v) is 29.4. The molecule has 3 aliphatic rings. The van der Waals surface area contributed by atoms with Gasteiger partial charge in [-0.15, -0.1) is 11.3 Å². The van der Waals surface area contributed by atoms with Gasteiger partial charge in [-0.05, 0) is 67.6 Å². The third-order valence-corrected chi connectivity index (χ3v) is 11.2. The summed E-state index contributed by atoms with van der Waals surface area (Å²) in [5, 5.41) is 26.4. The van der Waals surface area contributed by atoms with Crippen LogP contribution in [0.15, 0.2) is 67.0 Å². The highest BCUT2D eigenvalue weighted by Crippen LogP contribution is 2.42. The van der Waals surface area contributed by atoms with Gasteiger partial charge in [-0.3, -0.25) is 15.4 Å². The molecule has 13 heteroatoms. The third kappa shape index (κ3) is 7.81. The number of pyridine rings is 1. The summed E-state index contributed by atoms with van der Waals surface area (Å²) in [6.45, 7) is 3.01. The molecule has 0 spiro atoms. The summed E-state index contributed by atoms with van der Waals surface area (Å²) in [4.78, 5) is 29.9. The molecular weight excluding hydrogens is 689 g/mol. The smallest absolute Gasteiger partial charge is 0.328 e. The van der Waals surface area contributed by atoms with Crippen LogP contribution >= 0.6 is 34.5 Å². The number of hydrogen-bond acceptors (Lipinski definition) is 10. The lowest BCUT2D eigenvalue weighted by molar-refractivity contribution is -0.904. The van der Waals surface area contributed by atoms with Gasteiger partial charge in [0.1, 0.15) is 22.2 Å². The Labute approximate surface area is 298 Å². The van der Waals surface area contributed by atoms with Crippen LogP contribution in [0.5, 0.6) is 11.5 Å². The van der Waals surface area contributed by atoms with Gasteiger partial charge >= 0.3 is 5.97 Å². The first-order valence-electron chi connectivity index (χ1n) is 16.0. The Bertz CT molecular complexity index is 1790. The summed E-state index contributed by atoms with van der Waals surface area (Å²) in [6.07, 6.45) is 4.71. The number of carbonyl (C=O) groups is 2. The Balaban J connectivity index is 1.33. The molecule has 2 aromatic carbocycles. The fourth-order valence-corrected chi connectivity index (χ4v) is 8.62. The number of nitrogens with one attached hydrogen (secondary N) is 1. The first-order valence-corrected chi connectivity index (χ1v) is 17.6. The lowest BCUT2D eigenvalue weighted by atomic mass is 9.86. The number of carbonyl (C=O) groups excluding carboxylic acids is 2. The SMILES string of the molecule is COc1ccc([C@H](Cc2c(Cl)c[n+](O)cc2Cl)c2sc(CNC(C(=O)O[C@H]3CN4CCC3CC4)c3ccccc3)cc2C(=O)[O-])cc1OC. The fourth-order valence-electron chi connectivity index (χ4n) is 6.78. The number of ether oxygens (including phenoxy) is 3. The van der Waals surface area contributed by atoms with Crippen molar-refractivity contribution in [3.8, 4) is 11.5 Å². The number of carboxylic acid groups (broad SMARTS) is 1. The fraction of sp³-hybridized carbons (Fsp3) is 0.361. The van der Waals surface area contributed by atoms with Crippen LogP contribution < -0.4 is 24.6 Å². The van der Waals surface area contributed by atoms with Gasteiger partial charge in [0.05, 0.1) is 20.2 Å². The molecular formula is C36H37Cl2N3O7S. The minimum Gasteiger partial charge on any atom is -0.545 e. The highest BCUT2D eigenvalue weighted by molar-refractivity contribution is 7.12. The number of esters is 1. The van der Waals surface area contributed by atoms with Gasteiger partial charge in [0.2, 0.25) is 12.4 Å². The maximum atomic E-state index is 13.7. The highest BCUT2D eigenvalue weighted by atomic mass is 35.5. The normalized spacial score (nSPS) is 19.6. The molecule has 258 valence electrons. The van der Waals surface area contributed by atoms with E-state index < -0.39 is 17.9 Å². The zero-order valence-electron chi connectivity index (χ0n) is 27.1. The van der Waals surface area contributed by atoms with Gasteiger partial charge in [-0.1, -0.05) is 59.6 Å². The lowest BCUT2D eigenvalue weighted by Crippen LogP contribution is -2.52. The minimum absolute atomic E-state index is 0.00750. The van der Waals surface area contributed by atoms with Crippen LogP contribution in [-0.2, 0) is 22.5 Å². The van der Waals surface area contributed by atoms with Crippen molar-refractivity contribution in [3.05, 3.63) is 109 Å². The van der Waals surface area contributed by atoms with Crippen molar-refractivity contribution >= 4 is 46.5 Å². The summed E-state index contributed by atoms with van der Waals surface area (Å²) < 4.78 is 17.9. The van der Waals surface area contributed by atoms with Gasteiger partial charge in [-0.2, -0.15) is 0 Å². The van der Waals surface area contributed by atoms with Gasteiger partial charge in [-0.25, -0.2) is 4.79 Å². The summed E-state index contributed by atoms with van der Waals surface area (Å²) in [6, 6.07) is 15.5. The predicted molar refractivity (Wildman–Crippen MR) is 183 cm³/mol. The molecule has 3 atom stereocenters. The van der Waals surface area contributed by atoms with E-state index in [1.165, 1.54) is 38.0 Å². The van der Waals surface area contributed by atoms with E-state index in [9.17, 15) is 19.9 Å². The number of aromatic nitrogens is 1. The maximum absolute atomic E-state index is 13.7. The first-order chi connectivity index (χ1) is 23.6. The Kier molecular flexibility index (Phi) is 11.0. The number of carboxylic acids is 1. The number of benzene rings is 2. The van der Waals surface area contributed by atoms with Crippen molar-refractivity contribution in [1.29, 1.82) is 0 Å². The van der Waals surface area contributed by atoms with E-state index in [-0.39, 0.29) is 40.6 Å². The molecule has 3 aliphatic heterocycles. The van der Waals surface area contributed by atoms with E-state index in [1.807, 2.05) is 36.4 Å². The number of hydrogen-bond donors (Lipinski definition) is 2. The predicted octanol–water partition coefficient (Wildman–Crippen LogP) is 4.80. The second-order valence-electron chi connectivity index (χ2n) is 12.3. The Morgan fingerprint density at radius 2 is 1.71 bits per heavy atom. The standard InChI is InChI=1S/C36H37Cl2N3O7S/c1-46-30-9-8-23(14-31(30)47-2)25(16-26-28(37)18-41(45)19-29(26)38)34-27(35(42)43)15-24(49-34)17-39-33(22-6-4-3-5-7-22)36(44)48-32-20-40-12-10-21(32)11-13-40/h3-9,14-15,18-19,21,25,32-33,39H,10-13,16-17,20H2,1-2H3,(H-,42,43,45)/t25-,32-,33?/m0/s1.